The molecule has 0 fully saturated rings. The lowest BCUT2D eigenvalue weighted by molar-refractivity contribution is 0.0265. The number of benzene rings is 1. The van der Waals surface area contributed by atoms with Gasteiger partial charge < -0.3 is 18.7 Å². The number of carbonyl (C=O) groups is 1. The summed E-state index contributed by atoms with van der Waals surface area (Å²) in [6.45, 7) is 6.57. The third-order valence-corrected chi connectivity index (χ3v) is 3.93. The number of hydrogen-bond acceptors (Lipinski definition) is 8. The molecule has 0 aliphatic heterocycles. The molecule has 1 aromatic carbocycles. The van der Waals surface area contributed by atoms with Gasteiger partial charge in [-0.2, -0.15) is 4.98 Å². The highest BCUT2D eigenvalue weighted by Gasteiger charge is 2.21. The Morgan fingerprint density at radius 3 is 2.76 bits per heavy atom. The second kappa shape index (κ2) is 9.68. The molecule has 0 bridgehead atoms. The van der Waals surface area contributed by atoms with E-state index >= 15 is 0 Å². The molecule has 1 unspecified atom stereocenters. The van der Waals surface area contributed by atoms with Crippen LogP contribution in [0.5, 0.6) is 11.5 Å². The lowest BCUT2D eigenvalue weighted by Gasteiger charge is -2.14. The first-order chi connectivity index (χ1) is 14.1. The van der Waals surface area contributed by atoms with Gasteiger partial charge in [0, 0.05) is 18.0 Å². The van der Waals surface area contributed by atoms with Crippen molar-refractivity contribution in [3.05, 3.63) is 54.2 Å². The molecular weight excluding hydrogens is 374 g/mol. The van der Waals surface area contributed by atoms with Crippen LogP contribution in [-0.2, 0) is 4.74 Å². The van der Waals surface area contributed by atoms with Crippen molar-refractivity contribution < 1.29 is 23.5 Å². The maximum atomic E-state index is 12.6. The molecule has 2 heterocycles. The molecule has 0 N–H and O–H groups in total. The third kappa shape index (κ3) is 5.10. The summed E-state index contributed by atoms with van der Waals surface area (Å²) < 4.78 is 22.0. The predicted octanol–water partition coefficient (Wildman–Crippen LogP) is 4.24. The van der Waals surface area contributed by atoms with E-state index in [9.17, 15) is 4.79 Å². The first kappa shape index (κ1) is 20.3. The number of pyridine rings is 1. The number of ether oxygens (including phenoxy) is 3. The standard InChI is InChI=1S/C21H23N3O5/c1-4-11-27-17-9-8-15(12-18(17)26-5-2)21(25)28-14(3)20-23-19(24-29-20)16-7-6-10-22-13-16/h6-10,12-14H,4-5,11H2,1-3H3. The SMILES string of the molecule is CCCOc1ccc(C(=O)OC(C)c2nc(-c3cccnc3)no2)cc1OCC. The van der Waals surface area contributed by atoms with E-state index in [-0.39, 0.29) is 5.89 Å². The molecule has 8 heteroatoms. The van der Waals surface area contributed by atoms with Crippen LogP contribution in [0.1, 0.15) is 49.5 Å². The fraction of sp³-hybridized carbons (Fsp3) is 0.333. The lowest BCUT2D eigenvalue weighted by Crippen LogP contribution is -2.10. The average molecular weight is 397 g/mol. The Hall–Kier alpha value is -3.42. The lowest BCUT2D eigenvalue weighted by atomic mass is 10.2. The topological polar surface area (TPSA) is 96.6 Å². The quantitative estimate of drug-likeness (QED) is 0.495. The Morgan fingerprint density at radius 2 is 2.03 bits per heavy atom. The molecule has 152 valence electrons. The largest absolute Gasteiger partial charge is 0.490 e. The second-order valence-corrected chi connectivity index (χ2v) is 6.19. The van der Waals surface area contributed by atoms with E-state index in [1.54, 1.807) is 43.6 Å². The molecule has 0 spiro atoms. The molecule has 0 amide bonds. The van der Waals surface area contributed by atoms with Crippen LogP contribution in [0.15, 0.2) is 47.2 Å². The summed E-state index contributed by atoms with van der Waals surface area (Å²) in [5.41, 5.74) is 1.06. The highest BCUT2D eigenvalue weighted by molar-refractivity contribution is 5.90. The second-order valence-electron chi connectivity index (χ2n) is 6.19. The van der Waals surface area contributed by atoms with E-state index in [0.29, 0.717) is 41.7 Å². The van der Waals surface area contributed by atoms with E-state index in [1.807, 2.05) is 19.9 Å². The molecule has 0 aliphatic rings. The van der Waals surface area contributed by atoms with Gasteiger partial charge in [0.1, 0.15) is 0 Å². The third-order valence-electron chi connectivity index (χ3n) is 3.93. The Morgan fingerprint density at radius 1 is 1.17 bits per heavy atom. The van der Waals surface area contributed by atoms with Crippen molar-refractivity contribution in [3.63, 3.8) is 0 Å². The van der Waals surface area contributed by atoms with Gasteiger partial charge in [-0.25, -0.2) is 4.79 Å². The van der Waals surface area contributed by atoms with Crippen molar-refractivity contribution >= 4 is 5.97 Å². The van der Waals surface area contributed by atoms with Crippen molar-refractivity contribution in [2.75, 3.05) is 13.2 Å². The van der Waals surface area contributed by atoms with Crippen LogP contribution >= 0.6 is 0 Å². The van der Waals surface area contributed by atoms with Crippen LogP contribution in [0.4, 0.5) is 0 Å². The normalized spacial score (nSPS) is 11.7. The maximum absolute atomic E-state index is 12.6. The van der Waals surface area contributed by atoms with Gasteiger partial charge in [-0.15, -0.1) is 0 Å². The van der Waals surface area contributed by atoms with Gasteiger partial charge in [-0.1, -0.05) is 12.1 Å². The van der Waals surface area contributed by atoms with Crippen LogP contribution in [-0.4, -0.2) is 34.3 Å². The average Bonchev–Trinajstić information content (AvgIpc) is 3.24. The molecule has 8 nitrogen and oxygen atoms in total. The summed E-state index contributed by atoms with van der Waals surface area (Å²) in [5, 5.41) is 3.91. The number of nitrogens with zero attached hydrogens (tertiary/aromatic N) is 3. The monoisotopic (exact) mass is 397 g/mol. The number of aromatic nitrogens is 3. The minimum Gasteiger partial charge on any atom is -0.490 e. The summed E-state index contributed by atoms with van der Waals surface area (Å²) in [4.78, 5) is 20.9. The highest BCUT2D eigenvalue weighted by Crippen LogP contribution is 2.30. The molecule has 0 saturated carbocycles. The molecule has 0 saturated heterocycles. The van der Waals surface area contributed by atoms with Crippen LogP contribution in [0, 0.1) is 0 Å². The molecular formula is C21H23N3O5. The smallest absolute Gasteiger partial charge is 0.339 e. The highest BCUT2D eigenvalue weighted by atomic mass is 16.6. The van der Waals surface area contributed by atoms with Gasteiger partial charge in [0.05, 0.1) is 18.8 Å². The maximum Gasteiger partial charge on any atom is 0.339 e. The van der Waals surface area contributed by atoms with Gasteiger partial charge in [-0.05, 0) is 50.6 Å². The molecule has 3 aromatic rings. The number of hydrogen-bond donors (Lipinski definition) is 0. The molecule has 2 aromatic heterocycles. The van der Waals surface area contributed by atoms with E-state index in [2.05, 4.69) is 15.1 Å². The Kier molecular flexibility index (Phi) is 6.78. The van der Waals surface area contributed by atoms with E-state index < -0.39 is 12.1 Å². The van der Waals surface area contributed by atoms with Crippen molar-refractivity contribution in [1.82, 2.24) is 15.1 Å². The van der Waals surface area contributed by atoms with Crippen molar-refractivity contribution in [3.8, 4) is 22.9 Å². The summed E-state index contributed by atoms with van der Waals surface area (Å²) in [6, 6.07) is 8.54. The Balaban J connectivity index is 1.71. The zero-order chi connectivity index (χ0) is 20.6. The van der Waals surface area contributed by atoms with Crippen molar-refractivity contribution in [2.45, 2.75) is 33.3 Å². The molecule has 1 atom stereocenters. The Labute approximate surface area is 168 Å². The van der Waals surface area contributed by atoms with Gasteiger partial charge in [-0.3, -0.25) is 4.98 Å². The Bertz CT molecular complexity index is 942. The van der Waals surface area contributed by atoms with Gasteiger partial charge in [0.25, 0.3) is 5.89 Å². The first-order valence-electron chi connectivity index (χ1n) is 9.47. The summed E-state index contributed by atoms with van der Waals surface area (Å²) in [5.74, 6) is 1.15. The zero-order valence-corrected chi connectivity index (χ0v) is 16.6. The number of rotatable bonds is 9. The number of esters is 1. The van der Waals surface area contributed by atoms with Gasteiger partial charge in [0.2, 0.25) is 5.82 Å². The first-order valence-corrected chi connectivity index (χ1v) is 9.47. The van der Waals surface area contributed by atoms with Crippen molar-refractivity contribution in [2.24, 2.45) is 0 Å². The minimum absolute atomic E-state index is 0.199. The van der Waals surface area contributed by atoms with Gasteiger partial charge >= 0.3 is 5.97 Å². The summed E-state index contributed by atoms with van der Waals surface area (Å²) in [7, 11) is 0. The van der Waals surface area contributed by atoms with Crippen LogP contribution in [0.2, 0.25) is 0 Å². The summed E-state index contributed by atoms with van der Waals surface area (Å²) in [6.07, 6.45) is 3.44. The number of carbonyl (C=O) groups excluding carboxylic acids is 1. The van der Waals surface area contributed by atoms with Crippen molar-refractivity contribution in [1.29, 1.82) is 0 Å². The van der Waals surface area contributed by atoms with Crippen LogP contribution < -0.4 is 9.47 Å². The van der Waals surface area contributed by atoms with E-state index in [1.165, 1.54) is 0 Å². The fourth-order valence-electron chi connectivity index (χ4n) is 2.53. The molecule has 3 rings (SSSR count). The minimum atomic E-state index is -0.716. The molecule has 0 radical (unpaired) electrons. The molecule has 0 aliphatic carbocycles. The predicted molar refractivity (Wildman–Crippen MR) is 105 cm³/mol. The van der Waals surface area contributed by atoms with Crippen LogP contribution in [0.25, 0.3) is 11.4 Å². The zero-order valence-electron chi connectivity index (χ0n) is 16.6. The fourth-order valence-corrected chi connectivity index (χ4v) is 2.53. The van der Waals surface area contributed by atoms with E-state index in [0.717, 1.165) is 6.42 Å². The van der Waals surface area contributed by atoms with Gasteiger partial charge in [0.15, 0.2) is 17.6 Å². The molecule has 29 heavy (non-hydrogen) atoms. The summed E-state index contributed by atoms with van der Waals surface area (Å²) >= 11 is 0. The van der Waals surface area contributed by atoms with E-state index in [4.69, 9.17) is 18.7 Å². The van der Waals surface area contributed by atoms with Crippen LogP contribution in [0.3, 0.4) is 0 Å².